The molecule has 6 nitrogen and oxygen atoms in total. The van der Waals surface area contributed by atoms with E-state index in [1.165, 1.54) is 5.56 Å². The predicted octanol–water partition coefficient (Wildman–Crippen LogP) is 3.57. The summed E-state index contributed by atoms with van der Waals surface area (Å²) >= 11 is 0. The third-order valence-corrected chi connectivity index (χ3v) is 5.08. The Hall–Kier alpha value is -2.73. The average Bonchev–Trinajstić information content (AvgIpc) is 2.74. The molecule has 3 rings (SSSR count). The molecule has 6 heteroatoms. The third-order valence-electron chi connectivity index (χ3n) is 5.08. The molecule has 0 aliphatic carbocycles. The van der Waals surface area contributed by atoms with Gasteiger partial charge in [-0.2, -0.15) is 0 Å². The van der Waals surface area contributed by atoms with Gasteiger partial charge in [-0.25, -0.2) is 4.79 Å². The van der Waals surface area contributed by atoms with Crippen LogP contribution in [0.5, 0.6) is 11.5 Å². The van der Waals surface area contributed by atoms with E-state index in [2.05, 4.69) is 22.8 Å². The van der Waals surface area contributed by atoms with Crippen LogP contribution in [0.3, 0.4) is 0 Å². The van der Waals surface area contributed by atoms with Gasteiger partial charge in [0.25, 0.3) is 0 Å². The number of benzene rings is 2. The number of rotatable bonds is 6. The van der Waals surface area contributed by atoms with Crippen molar-refractivity contribution in [2.24, 2.45) is 0 Å². The zero-order valence-electron chi connectivity index (χ0n) is 15.8. The standard InChI is InChI=1S/C21H26N2O4/c1-25-17-8-9-18(19(14-17)26-2)23-20(24)22-15-21(10-12-27-13-11-21)16-6-4-3-5-7-16/h3-9,14H,10-13,15H2,1-2H3,(H2,22,23,24). The van der Waals surface area contributed by atoms with Gasteiger partial charge in [-0.05, 0) is 30.5 Å². The highest BCUT2D eigenvalue weighted by Gasteiger charge is 2.34. The largest absolute Gasteiger partial charge is 0.497 e. The van der Waals surface area contributed by atoms with Crippen molar-refractivity contribution in [2.75, 3.05) is 39.3 Å². The Labute approximate surface area is 159 Å². The second-order valence-electron chi connectivity index (χ2n) is 6.63. The van der Waals surface area contributed by atoms with E-state index in [0.717, 1.165) is 12.8 Å². The van der Waals surface area contributed by atoms with Crippen molar-refractivity contribution in [1.29, 1.82) is 0 Å². The van der Waals surface area contributed by atoms with Gasteiger partial charge in [0.2, 0.25) is 0 Å². The highest BCUT2D eigenvalue weighted by atomic mass is 16.5. The summed E-state index contributed by atoms with van der Waals surface area (Å²) in [6.45, 7) is 1.94. The Bertz CT molecular complexity index is 758. The maximum atomic E-state index is 12.5. The number of methoxy groups -OCH3 is 2. The summed E-state index contributed by atoms with van der Waals surface area (Å²) in [5, 5.41) is 5.89. The van der Waals surface area contributed by atoms with Gasteiger partial charge in [0, 0.05) is 31.2 Å². The highest BCUT2D eigenvalue weighted by molar-refractivity contribution is 5.91. The van der Waals surface area contributed by atoms with Gasteiger partial charge in [0.1, 0.15) is 11.5 Å². The highest BCUT2D eigenvalue weighted by Crippen LogP contribution is 2.34. The van der Waals surface area contributed by atoms with Gasteiger partial charge < -0.3 is 24.8 Å². The lowest BCUT2D eigenvalue weighted by atomic mass is 9.74. The van der Waals surface area contributed by atoms with Gasteiger partial charge in [-0.1, -0.05) is 30.3 Å². The fourth-order valence-electron chi connectivity index (χ4n) is 3.44. The summed E-state index contributed by atoms with van der Waals surface area (Å²) in [5.41, 5.74) is 1.72. The van der Waals surface area contributed by atoms with Crippen molar-refractivity contribution >= 4 is 11.7 Å². The first-order valence-electron chi connectivity index (χ1n) is 9.07. The molecule has 144 valence electrons. The number of ether oxygens (including phenoxy) is 3. The maximum absolute atomic E-state index is 12.5. The molecule has 27 heavy (non-hydrogen) atoms. The topological polar surface area (TPSA) is 68.8 Å². The molecule has 2 amide bonds. The van der Waals surface area contributed by atoms with Gasteiger partial charge in [-0.15, -0.1) is 0 Å². The zero-order valence-corrected chi connectivity index (χ0v) is 15.8. The van der Waals surface area contributed by atoms with Crippen LogP contribution in [0.2, 0.25) is 0 Å². The molecule has 1 aliphatic rings. The monoisotopic (exact) mass is 370 g/mol. The van der Waals surface area contributed by atoms with Crippen LogP contribution in [0.25, 0.3) is 0 Å². The first-order valence-corrected chi connectivity index (χ1v) is 9.07. The lowest BCUT2D eigenvalue weighted by Crippen LogP contribution is -2.45. The van der Waals surface area contributed by atoms with E-state index in [4.69, 9.17) is 14.2 Å². The number of anilines is 1. The van der Waals surface area contributed by atoms with Crippen molar-refractivity contribution in [2.45, 2.75) is 18.3 Å². The molecule has 1 heterocycles. The van der Waals surface area contributed by atoms with Crippen molar-refractivity contribution in [1.82, 2.24) is 5.32 Å². The Kier molecular flexibility index (Phi) is 6.19. The van der Waals surface area contributed by atoms with Crippen molar-refractivity contribution in [3.05, 3.63) is 54.1 Å². The molecule has 1 aliphatic heterocycles. The molecule has 0 aromatic heterocycles. The number of hydrogen-bond donors (Lipinski definition) is 2. The van der Waals surface area contributed by atoms with Gasteiger partial charge in [-0.3, -0.25) is 0 Å². The number of carbonyl (C=O) groups is 1. The fraction of sp³-hybridized carbons (Fsp3) is 0.381. The first-order chi connectivity index (χ1) is 13.2. The van der Waals surface area contributed by atoms with Crippen LogP contribution < -0.4 is 20.1 Å². The molecular formula is C21H26N2O4. The SMILES string of the molecule is COc1ccc(NC(=O)NCC2(c3ccccc3)CCOCC2)c(OC)c1. The van der Waals surface area contributed by atoms with E-state index < -0.39 is 0 Å². The second kappa shape index (κ2) is 8.77. The molecule has 2 aromatic rings. The predicted molar refractivity (Wildman–Crippen MR) is 105 cm³/mol. The molecule has 0 unspecified atom stereocenters. The number of hydrogen-bond acceptors (Lipinski definition) is 4. The van der Waals surface area contributed by atoms with E-state index in [0.29, 0.717) is 36.9 Å². The summed E-state index contributed by atoms with van der Waals surface area (Å²) < 4.78 is 16.1. The second-order valence-corrected chi connectivity index (χ2v) is 6.63. The number of amides is 2. The molecule has 1 saturated heterocycles. The fourth-order valence-corrected chi connectivity index (χ4v) is 3.44. The van der Waals surface area contributed by atoms with Crippen LogP contribution in [0.4, 0.5) is 10.5 Å². The Balaban J connectivity index is 1.68. The third kappa shape index (κ3) is 4.52. The zero-order chi connectivity index (χ0) is 19.1. The summed E-state index contributed by atoms with van der Waals surface area (Å²) in [6, 6.07) is 15.3. The van der Waals surface area contributed by atoms with Crippen LogP contribution >= 0.6 is 0 Å². The molecule has 0 saturated carbocycles. The Morgan fingerprint density at radius 3 is 2.48 bits per heavy atom. The average molecular weight is 370 g/mol. The van der Waals surface area contributed by atoms with Crippen molar-refractivity contribution in [3.63, 3.8) is 0 Å². The van der Waals surface area contributed by atoms with E-state index >= 15 is 0 Å². The molecule has 0 atom stereocenters. The summed E-state index contributed by atoms with van der Waals surface area (Å²) in [7, 11) is 3.15. The normalized spacial score (nSPS) is 15.6. The van der Waals surface area contributed by atoms with Gasteiger partial charge >= 0.3 is 6.03 Å². The molecule has 1 fully saturated rings. The minimum Gasteiger partial charge on any atom is -0.497 e. The lowest BCUT2D eigenvalue weighted by molar-refractivity contribution is 0.0508. The molecule has 0 bridgehead atoms. The van der Waals surface area contributed by atoms with Crippen molar-refractivity contribution in [3.8, 4) is 11.5 Å². The number of urea groups is 1. The smallest absolute Gasteiger partial charge is 0.319 e. The van der Waals surface area contributed by atoms with Gasteiger partial charge in [0.15, 0.2) is 0 Å². The summed E-state index contributed by atoms with van der Waals surface area (Å²) in [5.74, 6) is 1.22. The Morgan fingerprint density at radius 1 is 1.07 bits per heavy atom. The molecule has 0 spiro atoms. The van der Waals surface area contributed by atoms with E-state index in [-0.39, 0.29) is 11.4 Å². The molecule has 0 radical (unpaired) electrons. The molecular weight excluding hydrogens is 344 g/mol. The van der Waals surface area contributed by atoms with Crippen LogP contribution in [0.15, 0.2) is 48.5 Å². The van der Waals surface area contributed by atoms with Crippen LogP contribution in [-0.2, 0) is 10.2 Å². The Morgan fingerprint density at radius 2 is 1.81 bits per heavy atom. The van der Waals surface area contributed by atoms with Crippen LogP contribution in [0.1, 0.15) is 18.4 Å². The van der Waals surface area contributed by atoms with Crippen LogP contribution in [-0.4, -0.2) is 40.0 Å². The van der Waals surface area contributed by atoms with Gasteiger partial charge in [0.05, 0.1) is 19.9 Å². The summed E-state index contributed by atoms with van der Waals surface area (Å²) in [6.07, 6.45) is 1.76. The quantitative estimate of drug-likeness (QED) is 0.816. The molecule has 2 aromatic carbocycles. The number of nitrogens with one attached hydrogen (secondary N) is 2. The minimum absolute atomic E-state index is 0.110. The van der Waals surface area contributed by atoms with E-state index in [9.17, 15) is 4.79 Å². The van der Waals surface area contributed by atoms with Crippen molar-refractivity contribution < 1.29 is 19.0 Å². The summed E-state index contributed by atoms with van der Waals surface area (Å²) in [4.78, 5) is 12.5. The lowest BCUT2D eigenvalue weighted by Gasteiger charge is -2.38. The van der Waals surface area contributed by atoms with E-state index in [1.54, 1.807) is 32.4 Å². The van der Waals surface area contributed by atoms with E-state index in [1.807, 2.05) is 18.2 Å². The number of carbonyl (C=O) groups excluding carboxylic acids is 1. The molecule has 2 N–H and O–H groups in total. The first kappa shape index (κ1) is 19.0. The minimum atomic E-state index is -0.264. The van der Waals surface area contributed by atoms with Crippen LogP contribution in [0, 0.1) is 0 Å². The maximum Gasteiger partial charge on any atom is 0.319 e.